The van der Waals surface area contributed by atoms with Gasteiger partial charge < -0.3 is 9.26 Å². The number of rotatable bonds is 2. The third kappa shape index (κ3) is 2.01. The van der Waals surface area contributed by atoms with Crippen molar-refractivity contribution in [1.29, 1.82) is 0 Å². The van der Waals surface area contributed by atoms with Crippen LogP contribution in [-0.4, -0.2) is 39.2 Å². The van der Waals surface area contributed by atoms with Gasteiger partial charge in [0.2, 0.25) is 5.89 Å². The minimum atomic E-state index is -0.584. The van der Waals surface area contributed by atoms with Crippen molar-refractivity contribution in [3.05, 3.63) is 48.0 Å². The van der Waals surface area contributed by atoms with Crippen molar-refractivity contribution in [3.63, 3.8) is 0 Å². The second kappa shape index (κ2) is 5.36. The van der Waals surface area contributed by atoms with E-state index >= 15 is 0 Å². The number of hydrogen-bond donors (Lipinski definition) is 0. The van der Waals surface area contributed by atoms with E-state index in [-0.39, 0.29) is 12.1 Å². The van der Waals surface area contributed by atoms with Crippen LogP contribution in [0.25, 0.3) is 5.69 Å². The average Bonchev–Trinajstić information content (AvgIpc) is 3.46. The van der Waals surface area contributed by atoms with Gasteiger partial charge in [-0.25, -0.2) is 20.0 Å². The molecule has 10 heteroatoms. The molecule has 2 unspecified atom stereocenters. The van der Waals surface area contributed by atoms with Gasteiger partial charge in [-0.3, -0.25) is 4.57 Å². The Labute approximate surface area is 152 Å². The number of hydrogen-bond acceptors (Lipinski definition) is 8. The quantitative estimate of drug-likeness (QED) is 0.686. The summed E-state index contributed by atoms with van der Waals surface area (Å²) in [6, 6.07) is 7.55. The summed E-state index contributed by atoms with van der Waals surface area (Å²) in [5, 5.41) is 7.56. The number of hydrazine groups is 1. The average molecular weight is 367 g/mol. The molecule has 2 atom stereocenters. The van der Waals surface area contributed by atoms with E-state index in [1.807, 2.05) is 24.3 Å². The number of aliphatic imine (C=N–C) groups is 1. The highest BCUT2D eigenvalue weighted by atomic mass is 19.1. The number of nitrogens with zero attached hydrogens (tertiary/aromatic N) is 7. The van der Waals surface area contributed by atoms with Gasteiger partial charge in [-0.15, -0.1) is 0 Å². The van der Waals surface area contributed by atoms with Crippen molar-refractivity contribution in [3.8, 4) is 5.69 Å². The molecule has 3 aliphatic rings. The first kappa shape index (κ1) is 14.9. The van der Waals surface area contributed by atoms with Gasteiger partial charge in [0.1, 0.15) is 6.34 Å². The van der Waals surface area contributed by atoms with Crippen molar-refractivity contribution in [2.75, 3.05) is 23.2 Å². The normalized spacial score (nSPS) is 22.9. The van der Waals surface area contributed by atoms with E-state index in [4.69, 9.17) is 9.26 Å². The van der Waals surface area contributed by atoms with E-state index in [1.54, 1.807) is 16.4 Å². The Bertz CT molecular complexity index is 1060. The third-order valence-corrected chi connectivity index (χ3v) is 5.09. The molecule has 0 radical (unpaired) electrons. The maximum absolute atomic E-state index is 14.4. The summed E-state index contributed by atoms with van der Waals surface area (Å²) in [6.07, 6.45) is 3.03. The van der Waals surface area contributed by atoms with E-state index in [2.05, 4.69) is 20.1 Å². The van der Waals surface area contributed by atoms with Gasteiger partial charge in [0, 0.05) is 12.2 Å². The molecule has 2 aromatic heterocycles. The maximum Gasteiger partial charge on any atom is 0.295 e. The Balaban J connectivity index is 1.44. The minimum Gasteiger partial charge on any atom is -0.381 e. The second-order valence-electron chi connectivity index (χ2n) is 6.60. The van der Waals surface area contributed by atoms with Crippen LogP contribution in [0.1, 0.15) is 30.0 Å². The van der Waals surface area contributed by atoms with Crippen LogP contribution in [0.3, 0.4) is 0 Å². The summed E-state index contributed by atoms with van der Waals surface area (Å²) in [4.78, 5) is 12.9. The molecular formula is C17H14FN7O2. The summed E-state index contributed by atoms with van der Waals surface area (Å²) >= 11 is 0. The van der Waals surface area contributed by atoms with Crippen molar-refractivity contribution in [2.45, 2.75) is 18.5 Å². The number of halogens is 1. The molecular weight excluding hydrogens is 353 g/mol. The van der Waals surface area contributed by atoms with Crippen LogP contribution in [0.2, 0.25) is 0 Å². The van der Waals surface area contributed by atoms with Crippen molar-refractivity contribution >= 4 is 18.1 Å². The second-order valence-corrected chi connectivity index (χ2v) is 6.60. The Morgan fingerprint density at radius 2 is 2.15 bits per heavy atom. The van der Waals surface area contributed by atoms with Crippen LogP contribution in [0.5, 0.6) is 0 Å². The van der Waals surface area contributed by atoms with Gasteiger partial charge in [0.25, 0.3) is 12.0 Å². The zero-order valence-corrected chi connectivity index (χ0v) is 14.1. The molecule has 1 fully saturated rings. The predicted octanol–water partition coefficient (Wildman–Crippen LogP) is 2.18. The van der Waals surface area contributed by atoms with Gasteiger partial charge in [-0.1, -0.05) is 18.2 Å². The highest BCUT2D eigenvalue weighted by Gasteiger charge is 2.41. The van der Waals surface area contributed by atoms with Crippen LogP contribution in [0.4, 0.5) is 16.2 Å². The fourth-order valence-electron chi connectivity index (χ4n) is 3.79. The molecule has 27 heavy (non-hydrogen) atoms. The molecule has 0 N–H and O–H groups in total. The molecule has 5 heterocycles. The standard InChI is InChI=1S/C17H14FN7O2/c18-16-19-7-13-24(16)12-4-2-1-3-11(12)14-20-9-23(25(13)14)17-21-15(27-22-17)10-5-6-26-8-10/h1-4,7,9-10,14H,5-6,8H2. The third-order valence-electron chi connectivity index (χ3n) is 5.09. The molecule has 136 valence electrons. The van der Waals surface area contributed by atoms with Gasteiger partial charge in [0.15, 0.2) is 12.0 Å². The number of ether oxygens (including phenoxy) is 1. The molecule has 1 aromatic carbocycles. The Kier molecular flexibility index (Phi) is 2.95. The summed E-state index contributed by atoms with van der Waals surface area (Å²) in [5.74, 6) is 1.53. The van der Waals surface area contributed by atoms with Gasteiger partial charge in [0.05, 0.1) is 24.4 Å². The van der Waals surface area contributed by atoms with Crippen LogP contribution in [-0.2, 0) is 4.74 Å². The van der Waals surface area contributed by atoms with Gasteiger partial charge >= 0.3 is 0 Å². The highest BCUT2D eigenvalue weighted by Crippen LogP contribution is 2.43. The Morgan fingerprint density at radius 3 is 3.04 bits per heavy atom. The zero-order chi connectivity index (χ0) is 18.0. The largest absolute Gasteiger partial charge is 0.381 e. The lowest BCUT2D eigenvalue weighted by atomic mass is 10.1. The number of imidazole rings is 1. The summed E-state index contributed by atoms with van der Waals surface area (Å²) in [7, 11) is 0. The zero-order valence-electron chi connectivity index (χ0n) is 14.1. The van der Waals surface area contributed by atoms with E-state index < -0.39 is 6.08 Å². The lowest BCUT2D eigenvalue weighted by Gasteiger charge is -2.35. The summed E-state index contributed by atoms with van der Waals surface area (Å²) in [5.41, 5.74) is 1.59. The van der Waals surface area contributed by atoms with Gasteiger partial charge in [-0.05, 0) is 17.6 Å². The SMILES string of the molecule is Fc1ncc2n1-c1ccccc1C1N=CN(c3noc(C4CCOC4)n3)N21. The molecule has 0 amide bonds. The molecule has 3 aliphatic heterocycles. The van der Waals surface area contributed by atoms with E-state index in [1.165, 1.54) is 10.8 Å². The molecule has 0 bridgehead atoms. The highest BCUT2D eigenvalue weighted by molar-refractivity contribution is 5.85. The minimum absolute atomic E-state index is 0.103. The van der Waals surface area contributed by atoms with Crippen molar-refractivity contribution in [2.24, 2.45) is 4.99 Å². The van der Waals surface area contributed by atoms with Crippen molar-refractivity contribution in [1.82, 2.24) is 19.7 Å². The number of anilines is 2. The monoisotopic (exact) mass is 367 g/mol. The molecule has 3 aromatic rings. The molecule has 0 spiro atoms. The molecule has 0 aliphatic carbocycles. The topological polar surface area (TPSA) is 84.8 Å². The Hall–Kier alpha value is -3.27. The van der Waals surface area contributed by atoms with Crippen LogP contribution in [0, 0.1) is 6.08 Å². The van der Waals surface area contributed by atoms with E-state index in [9.17, 15) is 4.39 Å². The number of benzene rings is 1. The summed E-state index contributed by atoms with van der Waals surface area (Å²) in [6.45, 7) is 1.27. The lowest BCUT2D eigenvalue weighted by molar-refractivity contribution is 0.189. The maximum atomic E-state index is 14.4. The van der Waals surface area contributed by atoms with E-state index in [0.717, 1.165) is 17.7 Å². The fraction of sp³-hybridized carbons (Fsp3) is 0.294. The smallest absolute Gasteiger partial charge is 0.295 e. The molecule has 9 nitrogen and oxygen atoms in total. The molecule has 0 saturated carbocycles. The Morgan fingerprint density at radius 1 is 1.22 bits per heavy atom. The van der Waals surface area contributed by atoms with Gasteiger partial charge in [-0.2, -0.15) is 9.37 Å². The molecule has 6 rings (SSSR count). The van der Waals surface area contributed by atoms with Crippen LogP contribution in [0.15, 0.2) is 40.0 Å². The molecule has 1 saturated heterocycles. The van der Waals surface area contributed by atoms with Crippen LogP contribution < -0.4 is 10.0 Å². The van der Waals surface area contributed by atoms with E-state index in [0.29, 0.717) is 30.9 Å². The number of para-hydroxylation sites is 1. The fourth-order valence-corrected chi connectivity index (χ4v) is 3.79. The number of fused-ring (bicyclic) bond motifs is 6. The van der Waals surface area contributed by atoms with Crippen molar-refractivity contribution < 1.29 is 13.7 Å². The van der Waals surface area contributed by atoms with Crippen LogP contribution >= 0.6 is 0 Å². The first-order chi connectivity index (χ1) is 13.3. The summed E-state index contributed by atoms with van der Waals surface area (Å²) < 4.78 is 26.7. The first-order valence-corrected chi connectivity index (χ1v) is 8.67. The lowest BCUT2D eigenvalue weighted by Crippen LogP contribution is -2.43. The predicted molar refractivity (Wildman–Crippen MR) is 92.2 cm³/mol. The number of aromatic nitrogens is 4. The first-order valence-electron chi connectivity index (χ1n) is 8.67.